The smallest absolute Gasteiger partial charge is 0.122 e. The fraction of sp³-hybridized carbons (Fsp3) is 0.400. The molecule has 3 unspecified atom stereocenters. The molecule has 256 valence electrons. The first-order chi connectivity index (χ1) is 23.0. The quantitative estimate of drug-likeness (QED) is 0.120. The van der Waals surface area contributed by atoms with Crippen LogP contribution in [0, 0.1) is 0 Å². The van der Waals surface area contributed by atoms with Crippen LogP contribution in [-0.4, -0.2) is 75.3 Å². The first-order valence-corrected chi connectivity index (χ1v) is 16.4. The van der Waals surface area contributed by atoms with Gasteiger partial charge in [-0.1, -0.05) is 76.2 Å². The van der Waals surface area contributed by atoms with Crippen molar-refractivity contribution in [2.75, 3.05) is 46.8 Å². The normalized spacial score (nSPS) is 15.8. The highest BCUT2D eigenvalue weighted by Gasteiger charge is 2.26. The van der Waals surface area contributed by atoms with Crippen molar-refractivity contribution in [1.82, 2.24) is 0 Å². The van der Waals surface area contributed by atoms with Crippen molar-refractivity contribution in [3.8, 4) is 23.0 Å². The monoisotopic (exact) mass is 656 g/mol. The molecule has 48 heavy (non-hydrogen) atoms. The van der Waals surface area contributed by atoms with Gasteiger partial charge in [0.25, 0.3) is 0 Å². The van der Waals surface area contributed by atoms with Crippen molar-refractivity contribution >= 4 is 0 Å². The van der Waals surface area contributed by atoms with Crippen LogP contribution < -0.4 is 18.9 Å². The standard InChI is InChI=1S/C40H48O8/c1-39(2,28-6-14-34(15-7-28)44-23-32(41)22-43-5)29-8-16-35(17-9-29)45-24-33(42)25-46-36-18-10-30(11-19-36)40(3,4)31-12-20-37(21-13-31)47-26-38-27-48-38/h6-21,32-33,38,41-42H,22-27H2,1-5H3. The summed E-state index contributed by atoms with van der Waals surface area (Å²) in [4.78, 5) is 0. The van der Waals surface area contributed by atoms with Crippen LogP contribution in [0.3, 0.4) is 0 Å². The van der Waals surface area contributed by atoms with Gasteiger partial charge in [0.2, 0.25) is 0 Å². The highest BCUT2D eigenvalue weighted by atomic mass is 16.6. The zero-order chi connectivity index (χ0) is 34.1. The van der Waals surface area contributed by atoms with Crippen molar-refractivity contribution in [2.45, 2.75) is 56.8 Å². The average molecular weight is 657 g/mol. The molecule has 8 nitrogen and oxygen atoms in total. The first kappa shape index (κ1) is 35.2. The predicted octanol–water partition coefficient (Wildman–Crippen LogP) is 6.32. The Morgan fingerprint density at radius 2 is 0.833 bits per heavy atom. The van der Waals surface area contributed by atoms with E-state index in [2.05, 4.69) is 52.0 Å². The third-order valence-electron chi connectivity index (χ3n) is 8.83. The molecule has 1 aliphatic heterocycles. The Hall–Kier alpha value is -4.08. The summed E-state index contributed by atoms with van der Waals surface area (Å²) in [5.74, 6) is 2.91. The Morgan fingerprint density at radius 3 is 1.12 bits per heavy atom. The summed E-state index contributed by atoms with van der Waals surface area (Å²) in [6.45, 7) is 10.7. The van der Waals surface area contributed by atoms with E-state index in [1.54, 1.807) is 7.11 Å². The molecule has 1 heterocycles. The van der Waals surface area contributed by atoms with Gasteiger partial charge in [0.05, 0.1) is 13.2 Å². The van der Waals surface area contributed by atoms with Crippen molar-refractivity contribution in [2.24, 2.45) is 0 Å². The minimum atomic E-state index is -0.791. The number of epoxide rings is 1. The number of aliphatic hydroxyl groups excluding tert-OH is 2. The molecule has 0 aliphatic carbocycles. The second-order valence-electron chi connectivity index (χ2n) is 13.3. The summed E-state index contributed by atoms with van der Waals surface area (Å²) in [5, 5.41) is 20.4. The Bertz CT molecular complexity index is 1540. The van der Waals surface area contributed by atoms with Gasteiger partial charge in [-0.2, -0.15) is 0 Å². The lowest BCUT2D eigenvalue weighted by atomic mass is 9.78. The minimum absolute atomic E-state index is 0.113. The largest absolute Gasteiger partial charge is 0.491 e. The maximum absolute atomic E-state index is 10.6. The highest BCUT2D eigenvalue weighted by molar-refractivity contribution is 5.43. The average Bonchev–Trinajstić information content (AvgIpc) is 3.94. The van der Waals surface area contributed by atoms with Crippen LogP contribution in [0.1, 0.15) is 49.9 Å². The molecule has 4 aromatic carbocycles. The molecule has 8 heteroatoms. The number of hydrogen-bond acceptors (Lipinski definition) is 8. The fourth-order valence-corrected chi connectivity index (χ4v) is 5.42. The van der Waals surface area contributed by atoms with E-state index in [0.29, 0.717) is 23.9 Å². The molecule has 0 radical (unpaired) electrons. The van der Waals surface area contributed by atoms with Crippen molar-refractivity contribution in [1.29, 1.82) is 0 Å². The van der Waals surface area contributed by atoms with E-state index >= 15 is 0 Å². The van der Waals surface area contributed by atoms with Crippen molar-refractivity contribution in [3.05, 3.63) is 119 Å². The lowest BCUT2D eigenvalue weighted by Crippen LogP contribution is -2.25. The number of hydrogen-bond donors (Lipinski definition) is 2. The van der Waals surface area contributed by atoms with Gasteiger partial charge in [-0.05, 0) is 70.8 Å². The molecular weight excluding hydrogens is 608 g/mol. The third-order valence-corrected chi connectivity index (χ3v) is 8.83. The molecule has 4 aromatic rings. The SMILES string of the molecule is COCC(O)COc1ccc(C(C)(C)c2ccc(OCC(O)COc3ccc(C(C)(C)c4ccc(OCC5CO5)cc4)cc3)cc2)cc1. The van der Waals surface area contributed by atoms with Gasteiger partial charge < -0.3 is 38.6 Å². The summed E-state index contributed by atoms with van der Waals surface area (Å²) >= 11 is 0. The summed E-state index contributed by atoms with van der Waals surface area (Å²) in [6, 6.07) is 32.0. The Kier molecular flexibility index (Phi) is 11.7. The molecule has 2 N–H and O–H groups in total. The van der Waals surface area contributed by atoms with E-state index in [1.165, 1.54) is 5.56 Å². The van der Waals surface area contributed by atoms with Crippen LogP contribution >= 0.6 is 0 Å². The minimum Gasteiger partial charge on any atom is -0.491 e. The number of benzene rings is 4. The van der Waals surface area contributed by atoms with Gasteiger partial charge >= 0.3 is 0 Å². The van der Waals surface area contributed by atoms with Crippen LogP contribution in [0.25, 0.3) is 0 Å². The van der Waals surface area contributed by atoms with Crippen molar-refractivity contribution < 1.29 is 38.6 Å². The highest BCUT2D eigenvalue weighted by Crippen LogP contribution is 2.35. The summed E-state index contributed by atoms with van der Waals surface area (Å²) in [5.41, 5.74) is 4.14. The zero-order valence-corrected chi connectivity index (χ0v) is 28.6. The van der Waals surface area contributed by atoms with E-state index in [-0.39, 0.29) is 43.4 Å². The summed E-state index contributed by atoms with van der Waals surface area (Å²) in [6.07, 6.45) is -1.22. The molecular formula is C40H48O8. The van der Waals surface area contributed by atoms with Gasteiger partial charge in [0.1, 0.15) is 67.7 Å². The van der Waals surface area contributed by atoms with Gasteiger partial charge in [-0.3, -0.25) is 0 Å². The van der Waals surface area contributed by atoms with E-state index in [4.69, 9.17) is 28.4 Å². The molecule has 3 atom stereocenters. The zero-order valence-electron chi connectivity index (χ0n) is 28.6. The second-order valence-corrected chi connectivity index (χ2v) is 13.3. The van der Waals surface area contributed by atoms with E-state index in [1.807, 2.05) is 72.8 Å². The van der Waals surface area contributed by atoms with Gasteiger partial charge in [0.15, 0.2) is 0 Å². The number of aliphatic hydroxyl groups is 2. The van der Waals surface area contributed by atoms with Gasteiger partial charge in [-0.15, -0.1) is 0 Å². The van der Waals surface area contributed by atoms with Crippen LogP contribution in [0.4, 0.5) is 0 Å². The van der Waals surface area contributed by atoms with Gasteiger partial charge in [0, 0.05) is 17.9 Å². The van der Waals surface area contributed by atoms with E-state index < -0.39 is 12.2 Å². The summed E-state index contributed by atoms with van der Waals surface area (Å²) in [7, 11) is 1.55. The molecule has 0 spiro atoms. The van der Waals surface area contributed by atoms with Crippen LogP contribution in [0.5, 0.6) is 23.0 Å². The molecule has 0 amide bonds. The van der Waals surface area contributed by atoms with E-state index in [0.717, 1.165) is 29.0 Å². The molecule has 0 aromatic heterocycles. The second kappa shape index (κ2) is 15.9. The molecule has 0 bridgehead atoms. The van der Waals surface area contributed by atoms with Crippen LogP contribution in [0.15, 0.2) is 97.1 Å². The maximum atomic E-state index is 10.6. The van der Waals surface area contributed by atoms with Crippen LogP contribution in [-0.2, 0) is 20.3 Å². The number of rotatable bonds is 18. The fourth-order valence-electron chi connectivity index (χ4n) is 5.42. The predicted molar refractivity (Wildman–Crippen MR) is 186 cm³/mol. The third kappa shape index (κ3) is 9.51. The molecule has 5 rings (SSSR count). The van der Waals surface area contributed by atoms with E-state index in [9.17, 15) is 10.2 Å². The lowest BCUT2D eigenvalue weighted by molar-refractivity contribution is 0.0325. The first-order valence-electron chi connectivity index (χ1n) is 16.4. The summed E-state index contributed by atoms with van der Waals surface area (Å²) < 4.78 is 33.3. The van der Waals surface area contributed by atoms with Crippen LogP contribution in [0.2, 0.25) is 0 Å². The number of methoxy groups -OCH3 is 1. The van der Waals surface area contributed by atoms with Gasteiger partial charge in [-0.25, -0.2) is 0 Å². The number of ether oxygens (including phenoxy) is 6. The Labute approximate surface area is 284 Å². The Balaban J connectivity index is 1.06. The molecule has 0 saturated carbocycles. The molecule has 1 saturated heterocycles. The lowest BCUT2D eigenvalue weighted by Gasteiger charge is -2.27. The maximum Gasteiger partial charge on any atom is 0.122 e. The van der Waals surface area contributed by atoms with Crippen molar-refractivity contribution in [3.63, 3.8) is 0 Å². The molecule has 1 aliphatic rings. The molecule has 1 fully saturated rings. The topological polar surface area (TPSA) is 99.1 Å². The Morgan fingerprint density at radius 1 is 0.542 bits per heavy atom.